The number of nitrogens with zero attached hydrogens (tertiary/aromatic N) is 1. The topological polar surface area (TPSA) is 45.0 Å². The molecule has 2 unspecified atom stereocenters. The van der Waals surface area contributed by atoms with Crippen LogP contribution >= 0.6 is 0 Å². The van der Waals surface area contributed by atoms with Gasteiger partial charge in [0.05, 0.1) is 18.6 Å². The van der Waals surface area contributed by atoms with E-state index in [1.165, 1.54) is 30.4 Å². The van der Waals surface area contributed by atoms with E-state index in [0.29, 0.717) is 12.6 Å². The van der Waals surface area contributed by atoms with Crippen LogP contribution < -0.4 is 5.32 Å². The van der Waals surface area contributed by atoms with E-state index in [2.05, 4.69) is 29.6 Å². The zero-order chi connectivity index (χ0) is 14.2. The fourth-order valence-corrected chi connectivity index (χ4v) is 2.97. The molecule has 3 nitrogen and oxygen atoms in total. The molecule has 1 fully saturated rings. The van der Waals surface area contributed by atoms with Crippen molar-refractivity contribution in [3.05, 3.63) is 35.4 Å². The van der Waals surface area contributed by atoms with E-state index >= 15 is 0 Å². The maximum absolute atomic E-state index is 9.31. The lowest BCUT2D eigenvalue weighted by molar-refractivity contribution is 0.184. The van der Waals surface area contributed by atoms with Crippen LogP contribution in [0.5, 0.6) is 0 Å². The molecule has 0 heterocycles. The second-order valence-corrected chi connectivity index (χ2v) is 5.56. The smallest absolute Gasteiger partial charge is 0.0716 e. The molecule has 1 N–H and O–H groups in total. The van der Waals surface area contributed by atoms with Gasteiger partial charge in [0, 0.05) is 19.7 Å². The first-order valence-corrected chi connectivity index (χ1v) is 7.54. The first kappa shape index (κ1) is 15.0. The molecule has 1 aliphatic rings. The summed E-state index contributed by atoms with van der Waals surface area (Å²) in [6.45, 7) is 1.46. The molecular formula is C17H24N2O. The van der Waals surface area contributed by atoms with Crippen molar-refractivity contribution >= 4 is 0 Å². The standard InChI is InChI=1S/C17H24N2O/c1-20-13-16-9-6-5-8-15(16)12-19-17-10-4-2-3-7-14(17)11-18/h5-6,8-9,14,17,19H,2-4,7,10,12-13H2,1H3. The predicted molar refractivity (Wildman–Crippen MR) is 80.0 cm³/mol. The molecule has 0 amide bonds. The molecule has 0 aromatic heterocycles. The predicted octanol–water partition coefficient (Wildman–Crippen LogP) is 3.40. The SMILES string of the molecule is COCc1ccccc1CNC1CCCCCC1C#N. The Bertz CT molecular complexity index is 453. The minimum atomic E-state index is 0.159. The van der Waals surface area contributed by atoms with Crippen molar-refractivity contribution in [3.63, 3.8) is 0 Å². The van der Waals surface area contributed by atoms with E-state index in [1.54, 1.807) is 7.11 Å². The number of hydrogen-bond donors (Lipinski definition) is 1. The zero-order valence-corrected chi connectivity index (χ0v) is 12.3. The van der Waals surface area contributed by atoms with Crippen molar-refractivity contribution in [3.8, 4) is 6.07 Å². The summed E-state index contributed by atoms with van der Waals surface area (Å²) >= 11 is 0. The van der Waals surface area contributed by atoms with Gasteiger partial charge in [0.25, 0.3) is 0 Å². The first-order chi connectivity index (χ1) is 9.85. The Labute approximate surface area is 121 Å². The van der Waals surface area contributed by atoms with Crippen LogP contribution in [0.15, 0.2) is 24.3 Å². The number of hydrogen-bond acceptors (Lipinski definition) is 3. The Morgan fingerprint density at radius 3 is 2.70 bits per heavy atom. The minimum Gasteiger partial charge on any atom is -0.380 e. The van der Waals surface area contributed by atoms with E-state index in [-0.39, 0.29) is 5.92 Å². The molecule has 0 saturated heterocycles. The summed E-state index contributed by atoms with van der Waals surface area (Å²) < 4.78 is 5.24. The van der Waals surface area contributed by atoms with Crippen LogP contribution in [0.3, 0.4) is 0 Å². The van der Waals surface area contributed by atoms with Gasteiger partial charge in [-0.05, 0) is 24.0 Å². The van der Waals surface area contributed by atoms with Crippen molar-refractivity contribution < 1.29 is 4.74 Å². The Morgan fingerprint density at radius 1 is 1.20 bits per heavy atom. The third-order valence-electron chi connectivity index (χ3n) is 4.15. The average Bonchev–Trinajstić information content (AvgIpc) is 2.71. The van der Waals surface area contributed by atoms with Crippen LogP contribution in [0.1, 0.15) is 43.2 Å². The lowest BCUT2D eigenvalue weighted by Crippen LogP contribution is -2.34. The molecule has 1 aromatic carbocycles. The monoisotopic (exact) mass is 272 g/mol. The summed E-state index contributed by atoms with van der Waals surface area (Å²) in [7, 11) is 1.72. The highest BCUT2D eigenvalue weighted by molar-refractivity contribution is 5.26. The van der Waals surface area contributed by atoms with Gasteiger partial charge in [0.1, 0.15) is 0 Å². The Balaban J connectivity index is 1.98. The van der Waals surface area contributed by atoms with Crippen molar-refractivity contribution in [1.82, 2.24) is 5.32 Å². The molecule has 0 spiro atoms. The summed E-state index contributed by atoms with van der Waals surface area (Å²) in [5.41, 5.74) is 2.50. The molecule has 2 rings (SSSR count). The number of methoxy groups -OCH3 is 1. The number of nitrogens with one attached hydrogen (secondary N) is 1. The molecule has 20 heavy (non-hydrogen) atoms. The molecule has 1 aromatic rings. The number of benzene rings is 1. The van der Waals surface area contributed by atoms with Gasteiger partial charge < -0.3 is 10.1 Å². The molecule has 0 radical (unpaired) electrons. The van der Waals surface area contributed by atoms with Crippen LogP contribution in [-0.4, -0.2) is 13.2 Å². The lowest BCUT2D eigenvalue weighted by Gasteiger charge is -2.21. The van der Waals surface area contributed by atoms with E-state index in [9.17, 15) is 5.26 Å². The highest BCUT2D eigenvalue weighted by atomic mass is 16.5. The van der Waals surface area contributed by atoms with E-state index in [0.717, 1.165) is 19.4 Å². The van der Waals surface area contributed by atoms with Gasteiger partial charge >= 0.3 is 0 Å². The quantitative estimate of drug-likeness (QED) is 0.836. The maximum Gasteiger partial charge on any atom is 0.0716 e. The Hall–Kier alpha value is -1.37. The van der Waals surface area contributed by atoms with Gasteiger partial charge in [-0.2, -0.15) is 5.26 Å². The van der Waals surface area contributed by atoms with E-state index < -0.39 is 0 Å². The largest absolute Gasteiger partial charge is 0.380 e. The van der Waals surface area contributed by atoms with E-state index in [4.69, 9.17) is 4.74 Å². The fourth-order valence-electron chi connectivity index (χ4n) is 2.97. The zero-order valence-electron chi connectivity index (χ0n) is 12.3. The maximum atomic E-state index is 9.31. The van der Waals surface area contributed by atoms with Gasteiger partial charge in [-0.3, -0.25) is 0 Å². The highest BCUT2D eigenvalue weighted by Gasteiger charge is 2.22. The third-order valence-corrected chi connectivity index (χ3v) is 4.15. The first-order valence-electron chi connectivity index (χ1n) is 7.54. The summed E-state index contributed by atoms with van der Waals surface area (Å²) in [6.07, 6.45) is 5.83. The van der Waals surface area contributed by atoms with Crippen LogP contribution in [0, 0.1) is 17.2 Å². The van der Waals surface area contributed by atoms with Crippen LogP contribution in [0.25, 0.3) is 0 Å². The second-order valence-electron chi connectivity index (χ2n) is 5.56. The average molecular weight is 272 g/mol. The van der Waals surface area contributed by atoms with Crippen molar-refractivity contribution in [1.29, 1.82) is 5.26 Å². The van der Waals surface area contributed by atoms with Crippen LogP contribution in [0.4, 0.5) is 0 Å². The fraction of sp³-hybridized carbons (Fsp3) is 0.588. The number of rotatable bonds is 5. The Morgan fingerprint density at radius 2 is 1.95 bits per heavy atom. The highest BCUT2D eigenvalue weighted by Crippen LogP contribution is 2.23. The van der Waals surface area contributed by atoms with Gasteiger partial charge in [0.15, 0.2) is 0 Å². The number of nitriles is 1. The van der Waals surface area contributed by atoms with Crippen molar-refractivity contribution in [2.75, 3.05) is 7.11 Å². The summed E-state index contributed by atoms with van der Waals surface area (Å²) in [6, 6.07) is 11.2. The molecule has 3 heteroatoms. The Kier molecular flexibility index (Phi) is 6.04. The molecule has 2 atom stereocenters. The molecule has 1 saturated carbocycles. The molecular weight excluding hydrogens is 248 g/mol. The molecule has 108 valence electrons. The molecule has 0 bridgehead atoms. The van der Waals surface area contributed by atoms with Gasteiger partial charge in [0.2, 0.25) is 0 Å². The third kappa shape index (κ3) is 4.06. The van der Waals surface area contributed by atoms with Crippen LogP contribution in [0.2, 0.25) is 0 Å². The number of ether oxygens (including phenoxy) is 1. The molecule has 0 aliphatic heterocycles. The summed E-state index contributed by atoms with van der Waals surface area (Å²) in [5.74, 6) is 0.159. The van der Waals surface area contributed by atoms with Crippen molar-refractivity contribution in [2.24, 2.45) is 5.92 Å². The molecule has 1 aliphatic carbocycles. The normalized spacial score (nSPS) is 23.0. The second kappa shape index (κ2) is 8.04. The minimum absolute atomic E-state index is 0.159. The lowest BCUT2D eigenvalue weighted by atomic mass is 9.96. The van der Waals surface area contributed by atoms with Gasteiger partial charge in [-0.15, -0.1) is 0 Å². The van der Waals surface area contributed by atoms with E-state index in [1.807, 2.05) is 6.07 Å². The van der Waals surface area contributed by atoms with Crippen LogP contribution in [-0.2, 0) is 17.9 Å². The summed E-state index contributed by atoms with van der Waals surface area (Å²) in [4.78, 5) is 0. The van der Waals surface area contributed by atoms with Crippen molar-refractivity contribution in [2.45, 2.75) is 51.3 Å². The summed E-state index contributed by atoms with van der Waals surface area (Å²) in [5, 5.41) is 12.9. The van der Waals surface area contributed by atoms with Gasteiger partial charge in [-0.1, -0.05) is 43.5 Å². The van der Waals surface area contributed by atoms with Gasteiger partial charge in [-0.25, -0.2) is 0 Å².